The lowest BCUT2D eigenvalue weighted by atomic mass is 10.3. The number of alkyl halides is 3. The first-order valence-corrected chi connectivity index (χ1v) is 4.81. The van der Waals surface area contributed by atoms with Crippen molar-refractivity contribution in [1.82, 2.24) is 15.1 Å². The summed E-state index contributed by atoms with van der Waals surface area (Å²) < 4.78 is 36.6. The molecule has 0 aliphatic rings. The molecule has 6 heteroatoms. The maximum absolute atomic E-state index is 12.2. The third-order valence-corrected chi connectivity index (χ3v) is 2.21. The number of H-pyrrole nitrogens is 1. The van der Waals surface area contributed by atoms with E-state index in [0.29, 0.717) is 12.2 Å². The Balaban J connectivity index is 2.68. The molecule has 1 N–H and O–H groups in total. The van der Waals surface area contributed by atoms with Gasteiger partial charge in [0.2, 0.25) is 0 Å². The highest BCUT2D eigenvalue weighted by Gasteiger charge is 2.33. The lowest BCUT2D eigenvalue weighted by molar-refractivity contribution is -0.141. The van der Waals surface area contributed by atoms with Crippen LogP contribution >= 0.6 is 0 Å². The van der Waals surface area contributed by atoms with Crippen LogP contribution in [0.15, 0.2) is 6.07 Å². The van der Waals surface area contributed by atoms with Crippen LogP contribution in [0.4, 0.5) is 13.2 Å². The number of nitrogens with zero attached hydrogens (tertiary/aromatic N) is 2. The third-order valence-electron chi connectivity index (χ3n) is 2.21. The number of hydrogen-bond acceptors (Lipinski definition) is 2. The van der Waals surface area contributed by atoms with Gasteiger partial charge in [-0.05, 0) is 19.2 Å². The fourth-order valence-electron chi connectivity index (χ4n) is 1.28. The fourth-order valence-corrected chi connectivity index (χ4v) is 1.28. The van der Waals surface area contributed by atoms with Crippen molar-refractivity contribution in [3.8, 4) is 0 Å². The number of rotatable bonds is 4. The van der Waals surface area contributed by atoms with Gasteiger partial charge in [-0.3, -0.25) is 10.00 Å². The molecule has 0 aliphatic carbocycles. The standard InChI is InChI=1S/C9H14F3N3/c1-3-15(4-2)6-7-5-8(14-13-7)9(10,11)12/h5H,3-4,6H2,1-2H3,(H,13,14). The van der Waals surface area contributed by atoms with Crippen molar-refractivity contribution >= 4 is 0 Å². The van der Waals surface area contributed by atoms with Crippen LogP contribution in [0, 0.1) is 0 Å². The summed E-state index contributed by atoms with van der Waals surface area (Å²) in [4.78, 5) is 2.01. The smallest absolute Gasteiger partial charge is 0.298 e. The second-order valence-electron chi connectivity index (χ2n) is 3.24. The Morgan fingerprint density at radius 2 is 1.93 bits per heavy atom. The first-order chi connectivity index (χ1) is 6.97. The molecule has 1 heterocycles. The molecule has 3 nitrogen and oxygen atoms in total. The van der Waals surface area contributed by atoms with Crippen molar-refractivity contribution in [2.75, 3.05) is 13.1 Å². The van der Waals surface area contributed by atoms with Crippen molar-refractivity contribution in [2.24, 2.45) is 0 Å². The molecule has 15 heavy (non-hydrogen) atoms. The summed E-state index contributed by atoms with van der Waals surface area (Å²) in [6, 6.07) is 1.05. The van der Waals surface area contributed by atoms with Gasteiger partial charge in [0.05, 0.1) is 0 Å². The molecule has 0 aromatic carbocycles. The van der Waals surface area contributed by atoms with Crippen molar-refractivity contribution in [2.45, 2.75) is 26.6 Å². The minimum Gasteiger partial charge on any atom is -0.298 e. The van der Waals surface area contributed by atoms with Crippen LogP contribution in [0.1, 0.15) is 25.2 Å². The van der Waals surface area contributed by atoms with Gasteiger partial charge in [0, 0.05) is 12.2 Å². The molecule has 86 valence electrons. The van der Waals surface area contributed by atoms with Crippen LogP contribution in [-0.4, -0.2) is 28.2 Å². The van der Waals surface area contributed by atoms with Crippen LogP contribution in [-0.2, 0) is 12.7 Å². The molecule has 0 saturated carbocycles. The molecule has 1 aromatic heterocycles. The van der Waals surface area contributed by atoms with Gasteiger partial charge in [-0.1, -0.05) is 13.8 Å². The highest BCUT2D eigenvalue weighted by molar-refractivity contribution is 5.11. The van der Waals surface area contributed by atoms with Gasteiger partial charge < -0.3 is 0 Å². The largest absolute Gasteiger partial charge is 0.435 e. The van der Waals surface area contributed by atoms with Gasteiger partial charge in [-0.25, -0.2) is 0 Å². The molecule has 0 unspecified atom stereocenters. The highest BCUT2D eigenvalue weighted by Crippen LogP contribution is 2.27. The molecule has 0 aliphatic heterocycles. The maximum Gasteiger partial charge on any atom is 0.435 e. The van der Waals surface area contributed by atoms with E-state index in [1.807, 2.05) is 18.7 Å². The van der Waals surface area contributed by atoms with E-state index in [-0.39, 0.29) is 0 Å². The van der Waals surface area contributed by atoms with Crippen LogP contribution in [0.5, 0.6) is 0 Å². The van der Waals surface area contributed by atoms with Crippen LogP contribution in [0.3, 0.4) is 0 Å². The molecule has 1 aromatic rings. The number of aromatic nitrogens is 2. The number of hydrogen-bond donors (Lipinski definition) is 1. The Morgan fingerprint density at radius 1 is 1.33 bits per heavy atom. The van der Waals surface area contributed by atoms with Crippen molar-refractivity contribution < 1.29 is 13.2 Å². The third kappa shape index (κ3) is 3.23. The van der Waals surface area contributed by atoms with E-state index in [4.69, 9.17) is 0 Å². The lowest BCUT2D eigenvalue weighted by Gasteiger charge is -2.16. The first kappa shape index (κ1) is 12.0. The van der Waals surface area contributed by atoms with E-state index in [0.717, 1.165) is 19.2 Å². The molecule has 0 amide bonds. The summed E-state index contributed by atoms with van der Waals surface area (Å²) in [5.74, 6) is 0. The molecule has 0 bridgehead atoms. The molecular formula is C9H14F3N3. The van der Waals surface area contributed by atoms with Gasteiger partial charge >= 0.3 is 6.18 Å². The van der Waals surface area contributed by atoms with E-state index in [2.05, 4.69) is 10.2 Å². The summed E-state index contributed by atoms with van der Waals surface area (Å²) in [5, 5.41) is 5.63. The summed E-state index contributed by atoms with van der Waals surface area (Å²) in [5.41, 5.74) is -0.365. The average molecular weight is 221 g/mol. The molecule has 0 atom stereocenters. The lowest BCUT2D eigenvalue weighted by Crippen LogP contribution is -2.22. The second kappa shape index (κ2) is 4.65. The predicted octanol–water partition coefficient (Wildman–Crippen LogP) is 2.27. The second-order valence-corrected chi connectivity index (χ2v) is 3.24. The summed E-state index contributed by atoms with van der Waals surface area (Å²) in [6.07, 6.45) is -4.36. The Labute approximate surface area is 86.3 Å². The van der Waals surface area contributed by atoms with E-state index in [9.17, 15) is 13.2 Å². The molecular weight excluding hydrogens is 207 g/mol. The van der Waals surface area contributed by atoms with Crippen molar-refractivity contribution in [3.63, 3.8) is 0 Å². The number of aromatic amines is 1. The van der Waals surface area contributed by atoms with Gasteiger partial charge in [0.15, 0.2) is 5.69 Å². The number of halogens is 3. The average Bonchev–Trinajstić information content (AvgIpc) is 2.61. The first-order valence-electron chi connectivity index (χ1n) is 4.81. The predicted molar refractivity (Wildman–Crippen MR) is 50.2 cm³/mol. The topological polar surface area (TPSA) is 31.9 Å². The van der Waals surface area contributed by atoms with Gasteiger partial charge in [-0.15, -0.1) is 0 Å². The summed E-state index contributed by atoms with van der Waals surface area (Å²) in [6.45, 7) is 6.00. The quantitative estimate of drug-likeness (QED) is 0.845. The Kier molecular flexibility index (Phi) is 3.73. The molecule has 0 spiro atoms. The van der Waals surface area contributed by atoms with E-state index in [1.54, 1.807) is 0 Å². The Hall–Kier alpha value is -1.04. The van der Waals surface area contributed by atoms with Crippen LogP contribution in [0.25, 0.3) is 0 Å². The van der Waals surface area contributed by atoms with Gasteiger partial charge in [0.1, 0.15) is 0 Å². The van der Waals surface area contributed by atoms with E-state index < -0.39 is 11.9 Å². The molecule has 0 saturated heterocycles. The normalized spacial score (nSPS) is 12.4. The van der Waals surface area contributed by atoms with Crippen molar-refractivity contribution in [1.29, 1.82) is 0 Å². The zero-order valence-electron chi connectivity index (χ0n) is 8.73. The molecule has 1 rings (SSSR count). The number of nitrogens with one attached hydrogen (secondary N) is 1. The molecule has 0 fully saturated rings. The fraction of sp³-hybridized carbons (Fsp3) is 0.667. The summed E-state index contributed by atoms with van der Waals surface area (Å²) >= 11 is 0. The summed E-state index contributed by atoms with van der Waals surface area (Å²) in [7, 11) is 0. The zero-order chi connectivity index (χ0) is 11.5. The zero-order valence-corrected chi connectivity index (χ0v) is 8.73. The van der Waals surface area contributed by atoms with Gasteiger partial charge in [-0.2, -0.15) is 18.3 Å². The van der Waals surface area contributed by atoms with E-state index in [1.165, 1.54) is 0 Å². The minimum absolute atomic E-state index is 0.468. The van der Waals surface area contributed by atoms with E-state index >= 15 is 0 Å². The minimum atomic E-state index is -4.36. The SMILES string of the molecule is CCN(CC)Cc1cc(C(F)(F)F)n[nH]1. The maximum atomic E-state index is 12.2. The van der Waals surface area contributed by atoms with Crippen LogP contribution in [0.2, 0.25) is 0 Å². The highest BCUT2D eigenvalue weighted by atomic mass is 19.4. The van der Waals surface area contributed by atoms with Crippen LogP contribution < -0.4 is 0 Å². The Bertz CT molecular complexity index is 302. The molecule has 0 radical (unpaired) electrons. The van der Waals surface area contributed by atoms with Crippen molar-refractivity contribution in [3.05, 3.63) is 17.5 Å². The van der Waals surface area contributed by atoms with Gasteiger partial charge in [0.25, 0.3) is 0 Å². The Morgan fingerprint density at radius 3 is 2.33 bits per heavy atom. The monoisotopic (exact) mass is 221 g/mol.